The van der Waals surface area contributed by atoms with Gasteiger partial charge in [-0.05, 0) is 43.4 Å². The molecule has 0 spiro atoms. The average Bonchev–Trinajstić information content (AvgIpc) is 3.25. The van der Waals surface area contributed by atoms with Crippen molar-refractivity contribution >= 4 is 27.0 Å². The third kappa shape index (κ3) is 3.44. The molecule has 1 fully saturated rings. The number of carbonyl (C=O) groups is 1. The van der Waals surface area contributed by atoms with E-state index in [9.17, 15) is 26.4 Å². The van der Waals surface area contributed by atoms with Crippen LogP contribution in [0.1, 0.15) is 41.7 Å². The number of ether oxygens (including phenoxy) is 1. The number of rotatable bonds is 5. The number of benzene rings is 1. The van der Waals surface area contributed by atoms with E-state index in [1.54, 1.807) is 6.92 Å². The number of alkyl halides is 3. The molecule has 0 atom stereocenters. The van der Waals surface area contributed by atoms with Gasteiger partial charge in [-0.3, -0.25) is 0 Å². The highest BCUT2D eigenvalue weighted by Gasteiger charge is 2.49. The van der Waals surface area contributed by atoms with Crippen molar-refractivity contribution in [1.82, 2.24) is 4.98 Å². The van der Waals surface area contributed by atoms with Crippen LogP contribution >= 0.6 is 0 Å². The molecule has 0 bridgehead atoms. The van der Waals surface area contributed by atoms with Gasteiger partial charge < -0.3 is 13.9 Å². The van der Waals surface area contributed by atoms with E-state index >= 15 is 0 Å². The molecule has 1 aromatic carbocycles. The number of H-pyrrole nitrogens is 1. The molecule has 0 amide bonds. The highest BCUT2D eigenvalue weighted by Crippen LogP contribution is 2.46. The van der Waals surface area contributed by atoms with Crippen LogP contribution < -0.4 is 4.18 Å². The molecular weight excluding hydrogens is 363 g/mol. The second-order valence-electron chi connectivity index (χ2n) is 5.64. The number of aromatic amines is 1. The Hall–Kier alpha value is -2.23. The Labute approximate surface area is 141 Å². The molecule has 1 N–H and O–H groups in total. The zero-order valence-corrected chi connectivity index (χ0v) is 13.8. The average molecular weight is 377 g/mol. The first-order chi connectivity index (χ1) is 11.6. The minimum atomic E-state index is -5.77. The van der Waals surface area contributed by atoms with E-state index in [1.165, 1.54) is 12.1 Å². The fourth-order valence-electron chi connectivity index (χ4n) is 2.45. The van der Waals surface area contributed by atoms with Gasteiger partial charge in [0, 0.05) is 17.0 Å². The molecule has 1 saturated carbocycles. The van der Waals surface area contributed by atoms with Crippen molar-refractivity contribution in [3.63, 3.8) is 0 Å². The van der Waals surface area contributed by atoms with E-state index in [2.05, 4.69) is 9.17 Å². The fourth-order valence-corrected chi connectivity index (χ4v) is 2.92. The third-order valence-electron chi connectivity index (χ3n) is 3.75. The molecule has 25 heavy (non-hydrogen) atoms. The summed E-state index contributed by atoms with van der Waals surface area (Å²) in [5.41, 5.74) is -4.75. The van der Waals surface area contributed by atoms with Crippen LogP contribution in [0, 0.1) is 0 Å². The Morgan fingerprint density at radius 3 is 2.52 bits per heavy atom. The van der Waals surface area contributed by atoms with Crippen LogP contribution in [0.25, 0.3) is 10.9 Å². The number of hydrogen-bond donors (Lipinski definition) is 1. The molecule has 0 aliphatic heterocycles. The first-order valence-corrected chi connectivity index (χ1v) is 8.87. The minimum absolute atomic E-state index is 0.0659. The quantitative estimate of drug-likeness (QED) is 0.490. The highest BCUT2D eigenvalue weighted by molar-refractivity contribution is 7.88. The van der Waals surface area contributed by atoms with Crippen molar-refractivity contribution in [1.29, 1.82) is 0 Å². The van der Waals surface area contributed by atoms with Crippen molar-refractivity contribution < 1.29 is 35.3 Å². The molecule has 1 aliphatic rings. The number of nitrogens with one attached hydrogen (secondary N) is 1. The van der Waals surface area contributed by atoms with Crippen LogP contribution in [-0.2, 0) is 14.9 Å². The van der Waals surface area contributed by atoms with E-state index in [4.69, 9.17) is 4.74 Å². The molecule has 1 aliphatic carbocycles. The van der Waals surface area contributed by atoms with Crippen molar-refractivity contribution in [2.45, 2.75) is 31.2 Å². The summed E-state index contributed by atoms with van der Waals surface area (Å²) in [6, 6.07) is 4.20. The molecule has 3 rings (SSSR count). The predicted octanol–water partition coefficient (Wildman–Crippen LogP) is 3.45. The van der Waals surface area contributed by atoms with Gasteiger partial charge in [0.2, 0.25) is 0 Å². The number of fused-ring (bicyclic) bond motifs is 1. The van der Waals surface area contributed by atoms with Crippen LogP contribution in [-0.4, -0.2) is 31.5 Å². The monoisotopic (exact) mass is 377 g/mol. The van der Waals surface area contributed by atoms with Gasteiger partial charge in [-0.1, -0.05) is 0 Å². The molecule has 1 heterocycles. The molecule has 1 aromatic heterocycles. The lowest BCUT2D eigenvalue weighted by atomic mass is 10.1. The number of hydrogen-bond acceptors (Lipinski definition) is 5. The van der Waals surface area contributed by atoms with Gasteiger partial charge in [-0.2, -0.15) is 21.6 Å². The highest BCUT2D eigenvalue weighted by atomic mass is 32.2. The standard InChI is InChI=1S/C15H14F3NO5S/c1-2-23-14(20)12-6-9-5-10(8-3-4-8)13(7-11(9)19-12)24-25(21,22)15(16,17)18/h5-8,19H,2-4H2,1H3. The Morgan fingerprint density at radius 2 is 1.96 bits per heavy atom. The smallest absolute Gasteiger partial charge is 0.461 e. The van der Waals surface area contributed by atoms with E-state index in [0.717, 1.165) is 18.9 Å². The van der Waals surface area contributed by atoms with Crippen molar-refractivity contribution in [3.05, 3.63) is 29.5 Å². The number of esters is 1. The molecule has 0 radical (unpaired) electrons. The summed E-state index contributed by atoms with van der Waals surface area (Å²) >= 11 is 0. The van der Waals surface area contributed by atoms with Crippen LogP contribution in [0.5, 0.6) is 5.75 Å². The van der Waals surface area contributed by atoms with Crippen LogP contribution in [0.2, 0.25) is 0 Å². The maximum absolute atomic E-state index is 12.6. The second kappa shape index (κ2) is 5.94. The van der Waals surface area contributed by atoms with E-state index in [0.29, 0.717) is 10.9 Å². The molecule has 6 nitrogen and oxygen atoms in total. The molecular formula is C15H14F3NO5S. The summed E-state index contributed by atoms with van der Waals surface area (Å²) in [5, 5.41) is 0.557. The third-order valence-corrected chi connectivity index (χ3v) is 4.71. The van der Waals surface area contributed by atoms with Gasteiger partial charge in [-0.15, -0.1) is 0 Å². The molecule has 2 aromatic rings. The SMILES string of the molecule is CCOC(=O)c1cc2cc(C3CC3)c(OS(=O)(=O)C(F)(F)F)cc2[nH]1. The second-order valence-corrected chi connectivity index (χ2v) is 7.18. The summed E-state index contributed by atoms with van der Waals surface area (Å²) in [5.74, 6) is -1.06. The minimum Gasteiger partial charge on any atom is -0.461 e. The molecule has 0 saturated heterocycles. The Morgan fingerprint density at radius 1 is 1.28 bits per heavy atom. The summed E-state index contributed by atoms with van der Waals surface area (Å²) in [7, 11) is -5.77. The lowest BCUT2D eigenvalue weighted by Gasteiger charge is -2.13. The van der Waals surface area contributed by atoms with Gasteiger partial charge in [0.25, 0.3) is 0 Å². The zero-order valence-electron chi connectivity index (χ0n) is 13.0. The van der Waals surface area contributed by atoms with Gasteiger partial charge in [0.05, 0.1) is 6.61 Å². The number of halogens is 3. The van der Waals surface area contributed by atoms with Crippen molar-refractivity contribution in [3.8, 4) is 5.75 Å². The summed E-state index contributed by atoms with van der Waals surface area (Å²) in [6.07, 6.45) is 1.45. The topological polar surface area (TPSA) is 85.5 Å². The number of carbonyl (C=O) groups excluding carboxylic acids is 1. The van der Waals surface area contributed by atoms with Gasteiger partial charge in [0.15, 0.2) is 0 Å². The van der Waals surface area contributed by atoms with Gasteiger partial charge in [0.1, 0.15) is 11.4 Å². The maximum atomic E-state index is 12.6. The predicted molar refractivity (Wildman–Crippen MR) is 81.8 cm³/mol. The van der Waals surface area contributed by atoms with Gasteiger partial charge in [-0.25, -0.2) is 4.79 Å². The summed E-state index contributed by atoms with van der Waals surface area (Å²) in [6.45, 7) is 1.80. The summed E-state index contributed by atoms with van der Waals surface area (Å²) in [4.78, 5) is 14.5. The maximum Gasteiger partial charge on any atom is 0.534 e. The summed E-state index contributed by atoms with van der Waals surface area (Å²) < 4.78 is 69.6. The van der Waals surface area contributed by atoms with Crippen molar-refractivity contribution in [2.24, 2.45) is 0 Å². The normalized spacial score (nSPS) is 15.4. The fraction of sp³-hybridized carbons (Fsp3) is 0.400. The first kappa shape index (κ1) is 17.6. The van der Waals surface area contributed by atoms with E-state index in [-0.39, 0.29) is 29.5 Å². The number of aromatic nitrogens is 1. The van der Waals surface area contributed by atoms with E-state index in [1.807, 2.05) is 0 Å². The van der Waals surface area contributed by atoms with Gasteiger partial charge >= 0.3 is 21.6 Å². The van der Waals surface area contributed by atoms with Crippen LogP contribution in [0.15, 0.2) is 18.2 Å². The first-order valence-electron chi connectivity index (χ1n) is 7.47. The molecule has 136 valence electrons. The Balaban J connectivity index is 2.05. The molecule has 10 heteroatoms. The lowest BCUT2D eigenvalue weighted by Crippen LogP contribution is -2.28. The van der Waals surface area contributed by atoms with Crippen molar-refractivity contribution in [2.75, 3.05) is 6.61 Å². The largest absolute Gasteiger partial charge is 0.534 e. The zero-order chi connectivity index (χ0) is 18.4. The Kier molecular flexibility index (Phi) is 4.18. The van der Waals surface area contributed by atoms with Crippen LogP contribution in [0.4, 0.5) is 13.2 Å². The lowest BCUT2D eigenvalue weighted by molar-refractivity contribution is -0.0500. The molecule has 0 unspecified atom stereocenters. The Bertz CT molecular complexity index is 929. The van der Waals surface area contributed by atoms with E-state index < -0.39 is 21.6 Å². The van der Waals surface area contributed by atoms with Crippen LogP contribution in [0.3, 0.4) is 0 Å².